The Kier molecular flexibility index (Phi) is 10.5. The fraction of sp³-hybridized carbons (Fsp3) is 0.316. The summed E-state index contributed by atoms with van der Waals surface area (Å²) in [6.45, 7) is 3.67. The predicted octanol–water partition coefficient (Wildman–Crippen LogP) is 4.48. The van der Waals surface area contributed by atoms with Gasteiger partial charge in [0.1, 0.15) is 5.82 Å². The fourth-order valence-electron chi connectivity index (χ4n) is 2.33. The van der Waals surface area contributed by atoms with E-state index in [-0.39, 0.29) is 29.8 Å². The molecule has 0 aromatic heterocycles. The second-order valence-electron chi connectivity index (χ2n) is 5.49. The Morgan fingerprint density at radius 1 is 1.04 bits per heavy atom. The first-order chi connectivity index (χ1) is 12.6. The lowest BCUT2D eigenvalue weighted by molar-refractivity contribution is 0.354. The van der Waals surface area contributed by atoms with Crippen molar-refractivity contribution in [2.24, 2.45) is 4.99 Å². The lowest BCUT2D eigenvalue weighted by Gasteiger charge is -2.13. The number of hydrogen-bond acceptors (Lipinski definition) is 3. The number of hydrogen-bond donors (Lipinski definition) is 2. The van der Waals surface area contributed by atoms with E-state index in [1.54, 1.807) is 20.3 Å². The third-order valence-electron chi connectivity index (χ3n) is 3.66. The molecule has 0 unspecified atom stereocenters. The highest BCUT2D eigenvalue weighted by atomic mass is 127. The summed E-state index contributed by atoms with van der Waals surface area (Å²) in [5.74, 6) is 1.74. The molecule has 0 atom stereocenters. The predicted molar refractivity (Wildman–Crippen MR) is 121 cm³/mol. The molecule has 0 radical (unpaired) electrons. The highest BCUT2D eigenvalue weighted by Gasteiger charge is 2.06. The molecule has 0 aliphatic carbocycles. The number of nitrogens with one attached hydrogen (secondary N) is 2. The van der Waals surface area contributed by atoms with Crippen molar-refractivity contribution >= 4 is 45.9 Å². The van der Waals surface area contributed by atoms with Gasteiger partial charge >= 0.3 is 0 Å². The van der Waals surface area contributed by atoms with Crippen molar-refractivity contribution in [3.63, 3.8) is 0 Å². The van der Waals surface area contributed by atoms with E-state index in [1.807, 2.05) is 31.2 Å². The number of methoxy groups -OCH3 is 2. The maximum Gasteiger partial charge on any atom is 0.191 e. The zero-order chi connectivity index (χ0) is 18.9. The molecular formula is C19H24BrFIN3O2. The second-order valence-corrected chi connectivity index (χ2v) is 6.34. The Hall–Kier alpha value is -1.55. The van der Waals surface area contributed by atoms with Gasteiger partial charge in [-0.2, -0.15) is 0 Å². The van der Waals surface area contributed by atoms with Crippen LogP contribution in [0.2, 0.25) is 0 Å². The minimum Gasteiger partial charge on any atom is -0.493 e. The molecule has 5 nitrogen and oxygen atoms in total. The lowest BCUT2D eigenvalue weighted by atomic mass is 10.2. The zero-order valence-electron chi connectivity index (χ0n) is 15.5. The maximum absolute atomic E-state index is 13.6. The summed E-state index contributed by atoms with van der Waals surface area (Å²) in [7, 11) is 3.22. The molecular weight excluding hydrogens is 528 g/mol. The summed E-state index contributed by atoms with van der Waals surface area (Å²) in [5, 5.41) is 6.44. The first kappa shape index (κ1) is 23.5. The van der Waals surface area contributed by atoms with Crippen molar-refractivity contribution in [1.29, 1.82) is 0 Å². The standard InChI is InChI=1S/C19H23BrFN3O2.HI/c1-4-22-19(23-11-13-5-7-15(20)16(21)9-13)24-12-14-6-8-17(25-2)18(10-14)26-3;/h5-10H,4,11-12H2,1-3H3,(H2,22,23,24);1H. The third kappa shape index (κ3) is 7.17. The van der Waals surface area contributed by atoms with Gasteiger partial charge in [0.15, 0.2) is 17.5 Å². The van der Waals surface area contributed by atoms with Crippen LogP contribution in [0.4, 0.5) is 4.39 Å². The van der Waals surface area contributed by atoms with Crippen molar-refractivity contribution < 1.29 is 13.9 Å². The second kappa shape index (κ2) is 12.0. The topological polar surface area (TPSA) is 54.9 Å². The van der Waals surface area contributed by atoms with Gasteiger partial charge in [-0.25, -0.2) is 9.38 Å². The van der Waals surface area contributed by atoms with E-state index in [2.05, 4.69) is 31.6 Å². The van der Waals surface area contributed by atoms with Gasteiger partial charge in [-0.3, -0.25) is 0 Å². The van der Waals surface area contributed by atoms with Crippen LogP contribution in [0.25, 0.3) is 0 Å². The molecule has 0 heterocycles. The molecule has 27 heavy (non-hydrogen) atoms. The van der Waals surface area contributed by atoms with E-state index in [4.69, 9.17) is 9.47 Å². The van der Waals surface area contributed by atoms with Crippen LogP contribution in [0, 0.1) is 5.82 Å². The molecule has 0 saturated heterocycles. The molecule has 0 bridgehead atoms. The maximum atomic E-state index is 13.6. The van der Waals surface area contributed by atoms with Crippen LogP contribution >= 0.6 is 39.9 Å². The number of aliphatic imine (C=N–C) groups is 1. The average molecular weight is 552 g/mol. The minimum absolute atomic E-state index is 0. The first-order valence-corrected chi connectivity index (χ1v) is 9.03. The largest absolute Gasteiger partial charge is 0.493 e. The summed E-state index contributed by atoms with van der Waals surface area (Å²) in [6, 6.07) is 10.7. The van der Waals surface area contributed by atoms with Gasteiger partial charge in [0.25, 0.3) is 0 Å². The zero-order valence-corrected chi connectivity index (χ0v) is 19.4. The summed E-state index contributed by atoms with van der Waals surface area (Å²) >= 11 is 3.15. The first-order valence-electron chi connectivity index (χ1n) is 8.24. The molecule has 8 heteroatoms. The molecule has 148 valence electrons. The smallest absolute Gasteiger partial charge is 0.191 e. The van der Waals surface area contributed by atoms with Crippen LogP contribution in [0.3, 0.4) is 0 Å². The Labute approximate surface area is 184 Å². The lowest BCUT2D eigenvalue weighted by Crippen LogP contribution is -2.36. The third-order valence-corrected chi connectivity index (χ3v) is 4.30. The van der Waals surface area contributed by atoms with Crippen molar-refractivity contribution in [2.45, 2.75) is 20.0 Å². The van der Waals surface area contributed by atoms with Gasteiger partial charge in [-0.15, -0.1) is 24.0 Å². The normalized spacial score (nSPS) is 10.8. The number of nitrogens with zero attached hydrogens (tertiary/aromatic N) is 1. The minimum atomic E-state index is -0.291. The summed E-state index contributed by atoms with van der Waals surface area (Å²) in [4.78, 5) is 4.50. The Bertz CT molecular complexity index is 775. The van der Waals surface area contributed by atoms with E-state index in [0.29, 0.717) is 35.0 Å². The molecule has 0 aliphatic rings. The molecule has 0 saturated carbocycles. The van der Waals surface area contributed by atoms with Crippen LogP contribution in [-0.4, -0.2) is 26.7 Å². The molecule has 2 aromatic rings. The summed E-state index contributed by atoms with van der Waals surface area (Å²) in [5.41, 5.74) is 1.83. The molecule has 0 fully saturated rings. The van der Waals surface area contributed by atoms with Gasteiger partial charge in [0.05, 0.1) is 25.2 Å². The van der Waals surface area contributed by atoms with Crippen LogP contribution in [0.1, 0.15) is 18.1 Å². The van der Waals surface area contributed by atoms with E-state index in [9.17, 15) is 4.39 Å². The molecule has 2 aromatic carbocycles. The summed E-state index contributed by atoms with van der Waals surface area (Å²) < 4.78 is 24.6. The highest BCUT2D eigenvalue weighted by Crippen LogP contribution is 2.27. The van der Waals surface area contributed by atoms with Crippen molar-refractivity contribution in [3.8, 4) is 11.5 Å². The van der Waals surface area contributed by atoms with Gasteiger partial charge in [0, 0.05) is 13.1 Å². The Balaban J connectivity index is 0.00000364. The highest BCUT2D eigenvalue weighted by molar-refractivity contribution is 14.0. The van der Waals surface area contributed by atoms with Gasteiger partial charge < -0.3 is 20.1 Å². The van der Waals surface area contributed by atoms with Crippen molar-refractivity contribution in [3.05, 3.63) is 57.8 Å². The van der Waals surface area contributed by atoms with Crippen molar-refractivity contribution in [1.82, 2.24) is 10.6 Å². The monoisotopic (exact) mass is 551 g/mol. The van der Waals surface area contributed by atoms with Gasteiger partial charge in [-0.1, -0.05) is 12.1 Å². The molecule has 2 rings (SSSR count). The average Bonchev–Trinajstić information content (AvgIpc) is 2.66. The van der Waals surface area contributed by atoms with Gasteiger partial charge in [-0.05, 0) is 58.2 Å². The van der Waals surface area contributed by atoms with Crippen LogP contribution < -0.4 is 20.1 Å². The number of benzene rings is 2. The van der Waals surface area contributed by atoms with Crippen LogP contribution in [-0.2, 0) is 13.1 Å². The molecule has 0 aliphatic heterocycles. The number of guanidine groups is 1. The molecule has 2 N–H and O–H groups in total. The fourth-order valence-corrected chi connectivity index (χ4v) is 2.57. The molecule has 0 spiro atoms. The van der Waals surface area contributed by atoms with Gasteiger partial charge in [0.2, 0.25) is 0 Å². The number of rotatable bonds is 7. The quantitative estimate of drug-likeness (QED) is 0.303. The van der Waals surface area contributed by atoms with E-state index >= 15 is 0 Å². The number of ether oxygens (including phenoxy) is 2. The van der Waals surface area contributed by atoms with E-state index in [0.717, 1.165) is 17.7 Å². The van der Waals surface area contributed by atoms with E-state index < -0.39 is 0 Å². The Morgan fingerprint density at radius 2 is 1.74 bits per heavy atom. The summed E-state index contributed by atoms with van der Waals surface area (Å²) in [6.07, 6.45) is 0. The Morgan fingerprint density at radius 3 is 2.37 bits per heavy atom. The SMILES string of the molecule is CCNC(=NCc1ccc(Br)c(F)c1)NCc1ccc(OC)c(OC)c1.I. The number of halogens is 3. The van der Waals surface area contributed by atoms with Crippen LogP contribution in [0.5, 0.6) is 11.5 Å². The van der Waals surface area contributed by atoms with E-state index in [1.165, 1.54) is 6.07 Å². The van der Waals surface area contributed by atoms with Crippen molar-refractivity contribution in [2.75, 3.05) is 20.8 Å². The van der Waals surface area contributed by atoms with Crippen LogP contribution in [0.15, 0.2) is 45.9 Å². The molecule has 0 amide bonds.